The number of benzene rings is 2. The molecule has 1 N–H and O–H groups in total. The number of carbonyl (C=O) groups excluding carboxylic acids is 1. The zero-order chi connectivity index (χ0) is 19.6. The summed E-state index contributed by atoms with van der Waals surface area (Å²) in [4.78, 5) is 14.8. The Labute approximate surface area is 169 Å². The van der Waals surface area contributed by atoms with E-state index in [0.717, 1.165) is 47.9 Å². The Balaban J connectivity index is 1.20. The topological polar surface area (TPSA) is 69.3 Å². The van der Waals surface area contributed by atoms with E-state index in [1.54, 1.807) is 0 Å². The molecule has 5 rings (SSSR count). The molecule has 3 aliphatic rings. The minimum Gasteiger partial charge on any atom is -0.486 e. The number of amides is 1. The Morgan fingerprint density at radius 3 is 2.66 bits per heavy atom. The Hall–Kier alpha value is -2.93. The lowest BCUT2D eigenvalue weighted by atomic mass is 10.0. The fourth-order valence-electron chi connectivity index (χ4n) is 4.15. The lowest BCUT2D eigenvalue weighted by molar-refractivity contribution is -0.122. The summed E-state index contributed by atoms with van der Waals surface area (Å²) < 4.78 is 22.0. The van der Waals surface area contributed by atoms with Crippen LogP contribution in [-0.2, 0) is 11.3 Å². The van der Waals surface area contributed by atoms with Crippen molar-refractivity contribution in [3.8, 4) is 23.0 Å². The Kier molecular flexibility index (Phi) is 4.89. The van der Waals surface area contributed by atoms with Gasteiger partial charge >= 0.3 is 0 Å². The van der Waals surface area contributed by atoms with E-state index in [-0.39, 0.29) is 18.7 Å². The highest BCUT2D eigenvalue weighted by Crippen LogP contribution is 2.38. The number of ether oxygens (including phenoxy) is 4. The van der Waals surface area contributed by atoms with Gasteiger partial charge in [-0.1, -0.05) is 12.1 Å². The smallest absolute Gasteiger partial charge is 0.234 e. The number of likely N-dealkylation sites (tertiary alicyclic amines) is 1. The van der Waals surface area contributed by atoms with E-state index in [0.29, 0.717) is 26.3 Å². The van der Waals surface area contributed by atoms with Crippen LogP contribution in [0.2, 0.25) is 0 Å². The van der Waals surface area contributed by atoms with Crippen molar-refractivity contribution in [2.45, 2.75) is 25.4 Å². The lowest BCUT2D eigenvalue weighted by Crippen LogP contribution is -2.36. The first-order chi connectivity index (χ1) is 14.3. The summed E-state index contributed by atoms with van der Waals surface area (Å²) in [6.45, 7) is 3.18. The van der Waals surface area contributed by atoms with Gasteiger partial charge in [0, 0.05) is 12.6 Å². The summed E-state index contributed by atoms with van der Waals surface area (Å²) in [6.07, 6.45) is 2.11. The largest absolute Gasteiger partial charge is 0.486 e. The third kappa shape index (κ3) is 3.82. The molecule has 1 atom stereocenters. The van der Waals surface area contributed by atoms with E-state index in [2.05, 4.69) is 22.3 Å². The Bertz CT molecular complexity index is 916. The average Bonchev–Trinajstić information content (AvgIpc) is 3.41. The molecule has 29 heavy (non-hydrogen) atoms. The van der Waals surface area contributed by atoms with Crippen LogP contribution >= 0.6 is 0 Å². The lowest BCUT2D eigenvalue weighted by Gasteiger charge is -2.26. The van der Waals surface area contributed by atoms with Gasteiger partial charge in [0.1, 0.15) is 13.2 Å². The van der Waals surface area contributed by atoms with Crippen molar-refractivity contribution < 1.29 is 23.7 Å². The minimum atomic E-state index is 0.0205. The molecule has 0 aromatic heterocycles. The van der Waals surface area contributed by atoms with E-state index in [1.165, 1.54) is 5.56 Å². The second kappa shape index (κ2) is 7.83. The predicted molar refractivity (Wildman–Crippen MR) is 105 cm³/mol. The summed E-state index contributed by atoms with van der Waals surface area (Å²) in [7, 11) is 0. The van der Waals surface area contributed by atoms with Crippen LogP contribution < -0.4 is 24.3 Å². The van der Waals surface area contributed by atoms with Crippen LogP contribution in [0.25, 0.3) is 0 Å². The molecule has 0 unspecified atom stereocenters. The first-order valence-corrected chi connectivity index (χ1v) is 10.0. The van der Waals surface area contributed by atoms with Crippen molar-refractivity contribution in [3.05, 3.63) is 47.5 Å². The van der Waals surface area contributed by atoms with Gasteiger partial charge in [0.15, 0.2) is 23.0 Å². The Morgan fingerprint density at radius 2 is 1.72 bits per heavy atom. The SMILES string of the molecule is O=C(CN1CCC[C@H]1c1ccc2c(c1)OCCO2)NCc1ccc2c(c1)OCO2. The Morgan fingerprint density at radius 1 is 0.966 bits per heavy atom. The number of fused-ring (bicyclic) bond motifs is 2. The summed E-state index contributed by atoms with van der Waals surface area (Å²) in [5, 5.41) is 3.02. The highest BCUT2D eigenvalue weighted by atomic mass is 16.7. The van der Waals surface area contributed by atoms with Crippen LogP contribution in [0.15, 0.2) is 36.4 Å². The van der Waals surface area contributed by atoms with Gasteiger partial charge < -0.3 is 24.3 Å². The maximum atomic E-state index is 12.6. The molecule has 7 heteroatoms. The van der Waals surface area contributed by atoms with Gasteiger partial charge in [0.25, 0.3) is 0 Å². The first-order valence-electron chi connectivity index (χ1n) is 10.0. The van der Waals surface area contributed by atoms with E-state index in [1.807, 2.05) is 24.3 Å². The van der Waals surface area contributed by atoms with Crippen LogP contribution in [0, 0.1) is 0 Å². The van der Waals surface area contributed by atoms with Gasteiger partial charge in [-0.15, -0.1) is 0 Å². The highest BCUT2D eigenvalue weighted by Gasteiger charge is 2.28. The quantitative estimate of drug-likeness (QED) is 0.838. The molecule has 0 aliphatic carbocycles. The molecule has 1 saturated heterocycles. The van der Waals surface area contributed by atoms with E-state index >= 15 is 0 Å². The standard InChI is InChI=1S/C22H24N2O5/c25-22(23-12-15-3-5-19-20(10-15)29-14-28-19)13-24-7-1-2-17(24)16-4-6-18-21(11-16)27-9-8-26-18/h3-6,10-11,17H,1-2,7-9,12-14H2,(H,23,25)/t17-/m0/s1. The molecule has 0 saturated carbocycles. The molecular formula is C22H24N2O5. The van der Waals surface area contributed by atoms with Crippen molar-refractivity contribution in [1.82, 2.24) is 10.2 Å². The normalized spacial score (nSPS) is 19.9. The molecule has 0 spiro atoms. The molecule has 152 valence electrons. The average molecular weight is 396 g/mol. The molecule has 0 radical (unpaired) electrons. The molecule has 2 aromatic carbocycles. The van der Waals surface area contributed by atoms with Crippen LogP contribution in [0.3, 0.4) is 0 Å². The monoisotopic (exact) mass is 396 g/mol. The van der Waals surface area contributed by atoms with Gasteiger partial charge in [-0.3, -0.25) is 9.69 Å². The number of hydrogen-bond acceptors (Lipinski definition) is 6. The zero-order valence-electron chi connectivity index (χ0n) is 16.2. The molecule has 3 heterocycles. The maximum absolute atomic E-state index is 12.6. The van der Waals surface area contributed by atoms with Gasteiger partial charge in [0.2, 0.25) is 12.7 Å². The molecule has 2 aromatic rings. The van der Waals surface area contributed by atoms with Crippen molar-refractivity contribution in [1.29, 1.82) is 0 Å². The minimum absolute atomic E-state index is 0.0205. The van der Waals surface area contributed by atoms with Crippen LogP contribution in [0.5, 0.6) is 23.0 Å². The fourth-order valence-corrected chi connectivity index (χ4v) is 4.15. The van der Waals surface area contributed by atoms with Crippen molar-refractivity contribution in [2.75, 3.05) is 33.1 Å². The number of nitrogens with one attached hydrogen (secondary N) is 1. The maximum Gasteiger partial charge on any atom is 0.234 e. The molecule has 1 fully saturated rings. The molecule has 3 aliphatic heterocycles. The van der Waals surface area contributed by atoms with Crippen LogP contribution in [0.4, 0.5) is 0 Å². The van der Waals surface area contributed by atoms with E-state index in [9.17, 15) is 4.79 Å². The molecule has 0 bridgehead atoms. The molecular weight excluding hydrogens is 372 g/mol. The number of hydrogen-bond donors (Lipinski definition) is 1. The van der Waals surface area contributed by atoms with E-state index < -0.39 is 0 Å². The van der Waals surface area contributed by atoms with Crippen molar-refractivity contribution >= 4 is 5.91 Å². The molecule has 1 amide bonds. The summed E-state index contributed by atoms with van der Waals surface area (Å²) in [5.41, 5.74) is 2.17. The number of carbonyl (C=O) groups is 1. The fraction of sp³-hybridized carbons (Fsp3) is 0.409. The summed E-state index contributed by atoms with van der Waals surface area (Å²) in [6, 6.07) is 12.1. The number of rotatable bonds is 5. The first kappa shape index (κ1) is 18.1. The number of nitrogens with zero attached hydrogens (tertiary/aromatic N) is 1. The van der Waals surface area contributed by atoms with Gasteiger partial charge in [-0.2, -0.15) is 0 Å². The van der Waals surface area contributed by atoms with Crippen molar-refractivity contribution in [2.24, 2.45) is 0 Å². The summed E-state index contributed by atoms with van der Waals surface area (Å²) >= 11 is 0. The van der Waals surface area contributed by atoms with Gasteiger partial charge in [-0.05, 0) is 54.8 Å². The second-order valence-electron chi connectivity index (χ2n) is 7.50. The van der Waals surface area contributed by atoms with Gasteiger partial charge in [-0.25, -0.2) is 0 Å². The van der Waals surface area contributed by atoms with Crippen molar-refractivity contribution in [3.63, 3.8) is 0 Å². The summed E-state index contributed by atoms with van der Waals surface area (Å²) in [5.74, 6) is 3.10. The van der Waals surface area contributed by atoms with Crippen LogP contribution in [-0.4, -0.2) is 43.9 Å². The highest BCUT2D eigenvalue weighted by molar-refractivity contribution is 5.78. The molecule has 7 nitrogen and oxygen atoms in total. The van der Waals surface area contributed by atoms with E-state index in [4.69, 9.17) is 18.9 Å². The van der Waals surface area contributed by atoms with Crippen LogP contribution in [0.1, 0.15) is 30.0 Å². The zero-order valence-corrected chi connectivity index (χ0v) is 16.2. The third-order valence-corrected chi connectivity index (χ3v) is 5.59. The predicted octanol–water partition coefficient (Wildman–Crippen LogP) is 2.64. The van der Waals surface area contributed by atoms with Gasteiger partial charge in [0.05, 0.1) is 6.54 Å². The third-order valence-electron chi connectivity index (χ3n) is 5.59. The second-order valence-corrected chi connectivity index (χ2v) is 7.50.